The molecule has 2 aromatic rings. The van der Waals surface area contributed by atoms with Crippen LogP contribution in [0.2, 0.25) is 5.02 Å². The number of nitrogens with zero attached hydrogens (tertiary/aromatic N) is 1. The van der Waals surface area contributed by atoms with Gasteiger partial charge in [0.05, 0.1) is 21.2 Å². The summed E-state index contributed by atoms with van der Waals surface area (Å²) in [5.74, 6) is -1.95. The molecule has 2 aromatic carbocycles. The summed E-state index contributed by atoms with van der Waals surface area (Å²) in [5.41, 5.74) is -1.13. The first kappa shape index (κ1) is 17.8. The van der Waals surface area contributed by atoms with E-state index in [1.807, 2.05) is 0 Å². The Kier molecular flexibility index (Phi) is 4.37. The van der Waals surface area contributed by atoms with Crippen LogP contribution in [0.3, 0.4) is 0 Å². The van der Waals surface area contributed by atoms with Gasteiger partial charge >= 0.3 is 5.97 Å². The van der Waals surface area contributed by atoms with Gasteiger partial charge in [-0.3, -0.25) is 14.9 Å². The zero-order valence-corrected chi connectivity index (χ0v) is 14.2. The number of hydrogen-bond acceptors (Lipinski definition) is 5. The number of fused-ring (bicyclic) bond motifs is 1. The molecule has 1 N–H and O–H groups in total. The number of nitro benzene ring substituents is 1. The Labute approximate surface area is 151 Å². The van der Waals surface area contributed by atoms with Crippen LogP contribution in [0.15, 0.2) is 36.4 Å². The number of benzene rings is 2. The summed E-state index contributed by atoms with van der Waals surface area (Å²) < 4.78 is 18.7. The van der Waals surface area contributed by atoms with Gasteiger partial charge in [0.15, 0.2) is 5.60 Å². The number of nitro groups is 1. The van der Waals surface area contributed by atoms with Crippen molar-refractivity contribution in [2.75, 3.05) is 5.32 Å². The van der Waals surface area contributed by atoms with E-state index in [2.05, 4.69) is 5.32 Å². The van der Waals surface area contributed by atoms with Crippen LogP contribution in [0.1, 0.15) is 22.8 Å². The highest BCUT2D eigenvalue weighted by Gasteiger charge is 2.43. The van der Waals surface area contributed by atoms with Gasteiger partial charge in [0.25, 0.3) is 11.6 Å². The van der Waals surface area contributed by atoms with Crippen molar-refractivity contribution in [3.8, 4) is 0 Å². The number of carbonyl (C=O) groups excluding carboxylic acids is 2. The van der Waals surface area contributed by atoms with Crippen LogP contribution in [0.5, 0.6) is 0 Å². The number of rotatable bonds is 3. The Balaban J connectivity index is 1.86. The van der Waals surface area contributed by atoms with E-state index in [1.165, 1.54) is 31.2 Å². The Hall–Kier alpha value is -3.00. The first-order valence-electron chi connectivity index (χ1n) is 7.47. The molecule has 0 aromatic heterocycles. The fourth-order valence-electron chi connectivity index (χ4n) is 2.67. The van der Waals surface area contributed by atoms with Gasteiger partial charge in [-0.25, -0.2) is 9.18 Å². The van der Waals surface area contributed by atoms with Crippen molar-refractivity contribution in [1.82, 2.24) is 0 Å². The highest BCUT2D eigenvalue weighted by molar-refractivity contribution is 6.34. The molecule has 1 amide bonds. The smallest absolute Gasteiger partial charge is 0.339 e. The first-order chi connectivity index (χ1) is 12.2. The maximum Gasteiger partial charge on any atom is 0.339 e. The Morgan fingerprint density at radius 2 is 2.08 bits per heavy atom. The second-order valence-corrected chi connectivity index (χ2v) is 6.38. The van der Waals surface area contributed by atoms with E-state index in [4.69, 9.17) is 16.3 Å². The van der Waals surface area contributed by atoms with Crippen LogP contribution in [-0.2, 0) is 16.0 Å². The summed E-state index contributed by atoms with van der Waals surface area (Å²) in [6, 6.07) is 7.18. The van der Waals surface area contributed by atoms with E-state index < -0.39 is 28.2 Å². The highest BCUT2D eigenvalue weighted by Crippen LogP contribution is 2.32. The summed E-state index contributed by atoms with van der Waals surface area (Å²) in [5, 5.41) is 13.2. The molecule has 0 aliphatic carbocycles. The second-order valence-electron chi connectivity index (χ2n) is 5.97. The fourth-order valence-corrected chi connectivity index (χ4v) is 2.89. The van der Waals surface area contributed by atoms with Crippen molar-refractivity contribution in [3.63, 3.8) is 0 Å². The number of ether oxygens (including phenoxy) is 1. The van der Waals surface area contributed by atoms with E-state index in [-0.39, 0.29) is 28.4 Å². The fraction of sp³-hybridized carbons (Fsp3) is 0.176. The first-order valence-corrected chi connectivity index (χ1v) is 7.84. The topological polar surface area (TPSA) is 98.5 Å². The largest absolute Gasteiger partial charge is 0.445 e. The third-order valence-corrected chi connectivity index (χ3v) is 4.34. The minimum Gasteiger partial charge on any atom is -0.445 e. The van der Waals surface area contributed by atoms with Crippen molar-refractivity contribution in [2.24, 2.45) is 0 Å². The monoisotopic (exact) mass is 378 g/mol. The molecule has 1 unspecified atom stereocenters. The van der Waals surface area contributed by atoms with Crippen LogP contribution < -0.4 is 5.32 Å². The number of carbonyl (C=O) groups is 2. The van der Waals surface area contributed by atoms with Crippen LogP contribution in [-0.4, -0.2) is 22.4 Å². The van der Waals surface area contributed by atoms with Gasteiger partial charge in [0.2, 0.25) is 0 Å². The predicted octanol–water partition coefficient (Wildman–Crippen LogP) is 3.50. The molecule has 1 heterocycles. The summed E-state index contributed by atoms with van der Waals surface area (Å²) in [7, 11) is 0. The molecule has 7 nitrogen and oxygen atoms in total. The Morgan fingerprint density at radius 1 is 1.35 bits per heavy atom. The predicted molar refractivity (Wildman–Crippen MR) is 90.7 cm³/mol. The lowest BCUT2D eigenvalue weighted by Crippen LogP contribution is -2.49. The van der Waals surface area contributed by atoms with Crippen molar-refractivity contribution >= 4 is 34.9 Å². The molecule has 0 radical (unpaired) electrons. The van der Waals surface area contributed by atoms with Crippen LogP contribution in [0.4, 0.5) is 15.8 Å². The molecule has 1 aliphatic rings. The second kappa shape index (κ2) is 6.38. The molecule has 1 atom stereocenters. The third-order valence-electron chi connectivity index (χ3n) is 4.02. The quantitative estimate of drug-likeness (QED) is 0.500. The van der Waals surface area contributed by atoms with Crippen molar-refractivity contribution < 1.29 is 23.6 Å². The van der Waals surface area contributed by atoms with Gasteiger partial charge in [0.1, 0.15) is 5.82 Å². The number of anilines is 1. The van der Waals surface area contributed by atoms with E-state index in [0.29, 0.717) is 5.56 Å². The molecule has 9 heteroatoms. The molecule has 0 spiro atoms. The summed E-state index contributed by atoms with van der Waals surface area (Å²) in [6.07, 6.45) is -0.0255. The SMILES string of the molecule is CC1(C(=O)Nc2ccc([N+](=O)[O-])cc2Cl)Cc2cc(F)ccc2C(=O)O1. The van der Waals surface area contributed by atoms with Crippen LogP contribution in [0, 0.1) is 15.9 Å². The average molecular weight is 379 g/mol. The van der Waals surface area contributed by atoms with Crippen LogP contribution in [0.25, 0.3) is 0 Å². The standard InChI is InChI=1S/C17H12ClFN2O5/c1-17(8-9-6-10(19)2-4-12(9)15(22)26-17)16(23)20-14-5-3-11(21(24)25)7-13(14)18/h2-7H,8H2,1H3,(H,20,23). The normalized spacial score (nSPS) is 18.7. The number of non-ortho nitro benzene ring substituents is 1. The zero-order chi connectivity index (χ0) is 19.1. The molecule has 0 fully saturated rings. The molecule has 0 saturated heterocycles. The summed E-state index contributed by atoms with van der Waals surface area (Å²) >= 11 is 5.96. The molecule has 134 valence electrons. The maximum absolute atomic E-state index is 13.5. The van der Waals surface area contributed by atoms with Gasteiger partial charge in [-0.15, -0.1) is 0 Å². The number of hydrogen-bond donors (Lipinski definition) is 1. The van der Waals surface area contributed by atoms with Gasteiger partial charge < -0.3 is 10.1 Å². The van der Waals surface area contributed by atoms with E-state index >= 15 is 0 Å². The Morgan fingerprint density at radius 3 is 2.73 bits per heavy atom. The number of halogens is 2. The molecular weight excluding hydrogens is 367 g/mol. The molecule has 0 bridgehead atoms. The van der Waals surface area contributed by atoms with Crippen molar-refractivity contribution in [2.45, 2.75) is 18.9 Å². The number of nitrogens with one attached hydrogen (secondary N) is 1. The van der Waals surface area contributed by atoms with Gasteiger partial charge in [-0.2, -0.15) is 0 Å². The minimum absolute atomic E-state index is 0.0255. The lowest BCUT2D eigenvalue weighted by Gasteiger charge is -2.33. The van der Waals surface area contributed by atoms with Crippen molar-refractivity contribution in [3.05, 3.63) is 68.5 Å². The lowest BCUT2D eigenvalue weighted by molar-refractivity contribution is -0.384. The molecular formula is C17H12ClFN2O5. The minimum atomic E-state index is -1.58. The van der Waals surface area contributed by atoms with E-state index in [1.54, 1.807) is 0 Å². The van der Waals surface area contributed by atoms with Gasteiger partial charge in [-0.1, -0.05) is 11.6 Å². The van der Waals surface area contributed by atoms with Crippen LogP contribution >= 0.6 is 11.6 Å². The molecule has 0 saturated carbocycles. The van der Waals surface area contributed by atoms with Gasteiger partial charge in [0, 0.05) is 18.6 Å². The molecule has 26 heavy (non-hydrogen) atoms. The third kappa shape index (κ3) is 3.23. The lowest BCUT2D eigenvalue weighted by atomic mass is 9.89. The maximum atomic E-state index is 13.5. The summed E-state index contributed by atoms with van der Waals surface area (Å²) in [6.45, 7) is 1.40. The van der Waals surface area contributed by atoms with E-state index in [9.17, 15) is 24.1 Å². The van der Waals surface area contributed by atoms with Crippen molar-refractivity contribution in [1.29, 1.82) is 0 Å². The molecule has 3 rings (SSSR count). The van der Waals surface area contributed by atoms with E-state index in [0.717, 1.165) is 12.1 Å². The molecule has 1 aliphatic heterocycles. The number of esters is 1. The number of amides is 1. The van der Waals surface area contributed by atoms with Gasteiger partial charge in [-0.05, 0) is 36.8 Å². The Bertz CT molecular complexity index is 949. The zero-order valence-electron chi connectivity index (χ0n) is 13.4. The highest BCUT2D eigenvalue weighted by atomic mass is 35.5. The number of cyclic esters (lactones) is 1. The summed E-state index contributed by atoms with van der Waals surface area (Å²) in [4.78, 5) is 34.9. The average Bonchev–Trinajstić information content (AvgIpc) is 2.55.